The summed E-state index contributed by atoms with van der Waals surface area (Å²) in [6.07, 6.45) is 3.46. The van der Waals surface area contributed by atoms with Crippen molar-refractivity contribution in [3.63, 3.8) is 0 Å². The molecule has 1 heterocycles. The number of nitrogens with zero attached hydrogens (tertiary/aromatic N) is 2. The van der Waals surface area contributed by atoms with Crippen molar-refractivity contribution in [2.75, 3.05) is 0 Å². The molecule has 0 unspecified atom stereocenters. The minimum atomic E-state index is 0.655. The molecule has 5 heteroatoms. The van der Waals surface area contributed by atoms with Crippen LogP contribution < -0.4 is 4.74 Å². The van der Waals surface area contributed by atoms with Crippen molar-refractivity contribution in [3.05, 3.63) is 71.0 Å². The first-order valence-electron chi connectivity index (χ1n) is 5.95. The van der Waals surface area contributed by atoms with Crippen LogP contribution in [0.1, 0.15) is 0 Å². The Morgan fingerprint density at radius 2 is 1.40 bits per heavy atom. The summed E-state index contributed by atoms with van der Waals surface area (Å²) >= 11 is 11.7. The largest absolute Gasteiger partial charge is 0.454 e. The maximum atomic E-state index is 5.86. The van der Waals surface area contributed by atoms with Gasteiger partial charge in [0.25, 0.3) is 0 Å². The van der Waals surface area contributed by atoms with Gasteiger partial charge in [0.05, 0.1) is 18.1 Å². The minimum absolute atomic E-state index is 0.655. The Bertz CT molecular complexity index is 705. The predicted octanol–water partition coefficient (Wildman–Crippen LogP) is 4.97. The summed E-state index contributed by atoms with van der Waals surface area (Å²) in [7, 11) is 0. The summed E-state index contributed by atoms with van der Waals surface area (Å²) in [5, 5.41) is 5.62. The highest BCUT2D eigenvalue weighted by molar-refractivity contribution is 6.30. The molecule has 3 aromatic rings. The maximum absolute atomic E-state index is 5.86. The topological polar surface area (TPSA) is 27.1 Å². The maximum Gasteiger partial charge on any atom is 0.165 e. The summed E-state index contributed by atoms with van der Waals surface area (Å²) in [4.78, 5) is 0. The zero-order chi connectivity index (χ0) is 13.9. The fourth-order valence-electron chi connectivity index (χ4n) is 1.73. The first-order chi connectivity index (χ1) is 9.70. The lowest BCUT2D eigenvalue weighted by Crippen LogP contribution is -1.92. The van der Waals surface area contributed by atoms with Gasteiger partial charge in [-0.3, -0.25) is 0 Å². The zero-order valence-corrected chi connectivity index (χ0v) is 11.8. The molecule has 0 N–H and O–H groups in total. The molecular formula is C15H10Cl2N2O. The third-order valence-electron chi connectivity index (χ3n) is 2.70. The predicted molar refractivity (Wildman–Crippen MR) is 80.1 cm³/mol. The van der Waals surface area contributed by atoms with Gasteiger partial charge in [-0.25, -0.2) is 4.68 Å². The van der Waals surface area contributed by atoms with Gasteiger partial charge in [-0.1, -0.05) is 23.2 Å². The molecule has 1 aromatic heterocycles. The Balaban J connectivity index is 1.80. The van der Waals surface area contributed by atoms with E-state index in [4.69, 9.17) is 27.9 Å². The molecular weight excluding hydrogens is 295 g/mol. The molecule has 20 heavy (non-hydrogen) atoms. The average Bonchev–Trinajstić information content (AvgIpc) is 2.91. The SMILES string of the molecule is Clc1ccc(Oc2cnn(-c3ccc(Cl)cc3)c2)cc1. The van der Waals surface area contributed by atoms with Crippen LogP contribution in [-0.2, 0) is 0 Å². The Labute approximate surface area is 126 Å². The number of rotatable bonds is 3. The number of aromatic nitrogens is 2. The number of halogens is 2. The molecule has 0 bridgehead atoms. The van der Waals surface area contributed by atoms with Gasteiger partial charge < -0.3 is 4.74 Å². The lowest BCUT2D eigenvalue weighted by molar-refractivity contribution is 0.482. The van der Waals surface area contributed by atoms with Crippen LogP contribution in [0.15, 0.2) is 60.9 Å². The quantitative estimate of drug-likeness (QED) is 0.683. The van der Waals surface area contributed by atoms with Gasteiger partial charge in [0.15, 0.2) is 5.75 Å². The van der Waals surface area contributed by atoms with E-state index in [2.05, 4.69) is 5.10 Å². The molecule has 2 aromatic carbocycles. The van der Waals surface area contributed by atoms with E-state index in [0.29, 0.717) is 21.5 Å². The summed E-state index contributed by atoms with van der Waals surface area (Å²) in [5.41, 5.74) is 0.917. The molecule has 0 atom stereocenters. The van der Waals surface area contributed by atoms with Crippen molar-refractivity contribution in [2.24, 2.45) is 0 Å². The normalized spacial score (nSPS) is 10.5. The van der Waals surface area contributed by atoms with Crippen LogP contribution in [0, 0.1) is 0 Å². The lowest BCUT2D eigenvalue weighted by Gasteiger charge is -2.02. The monoisotopic (exact) mass is 304 g/mol. The third kappa shape index (κ3) is 2.95. The molecule has 0 fully saturated rings. The van der Waals surface area contributed by atoms with E-state index in [1.807, 2.05) is 36.4 Å². The van der Waals surface area contributed by atoms with E-state index >= 15 is 0 Å². The van der Waals surface area contributed by atoms with Crippen molar-refractivity contribution in [3.8, 4) is 17.2 Å². The molecule has 3 rings (SSSR count). The van der Waals surface area contributed by atoms with Gasteiger partial charge in [-0.2, -0.15) is 5.10 Å². The number of benzene rings is 2. The number of hydrogen-bond acceptors (Lipinski definition) is 2. The number of ether oxygens (including phenoxy) is 1. The van der Waals surface area contributed by atoms with Gasteiger partial charge in [0.2, 0.25) is 0 Å². The number of hydrogen-bond donors (Lipinski definition) is 0. The van der Waals surface area contributed by atoms with Crippen molar-refractivity contribution in [1.29, 1.82) is 0 Å². The van der Waals surface area contributed by atoms with E-state index in [9.17, 15) is 0 Å². The summed E-state index contributed by atoms with van der Waals surface area (Å²) in [6, 6.07) is 14.6. The molecule has 0 aliphatic heterocycles. The molecule has 3 nitrogen and oxygen atoms in total. The summed E-state index contributed by atoms with van der Waals surface area (Å²) < 4.78 is 7.41. The lowest BCUT2D eigenvalue weighted by atomic mass is 10.3. The second kappa shape index (κ2) is 5.57. The Morgan fingerprint density at radius 1 is 0.800 bits per heavy atom. The fraction of sp³-hybridized carbons (Fsp3) is 0. The van der Waals surface area contributed by atoms with Gasteiger partial charge in [0, 0.05) is 10.0 Å². The van der Waals surface area contributed by atoms with Crippen LogP contribution in [0.3, 0.4) is 0 Å². The Morgan fingerprint density at radius 3 is 2.05 bits per heavy atom. The van der Waals surface area contributed by atoms with E-state index in [0.717, 1.165) is 5.69 Å². The third-order valence-corrected chi connectivity index (χ3v) is 3.20. The van der Waals surface area contributed by atoms with Crippen molar-refractivity contribution in [1.82, 2.24) is 9.78 Å². The second-order valence-electron chi connectivity index (χ2n) is 4.15. The minimum Gasteiger partial charge on any atom is -0.454 e. The smallest absolute Gasteiger partial charge is 0.165 e. The van der Waals surface area contributed by atoms with E-state index in [1.54, 1.807) is 29.2 Å². The highest BCUT2D eigenvalue weighted by Crippen LogP contribution is 2.23. The molecule has 0 spiro atoms. The molecule has 0 amide bonds. The van der Waals surface area contributed by atoms with Crippen molar-refractivity contribution >= 4 is 23.2 Å². The Kier molecular flexibility index (Phi) is 3.63. The average molecular weight is 305 g/mol. The van der Waals surface area contributed by atoms with Crippen LogP contribution in [-0.4, -0.2) is 9.78 Å². The van der Waals surface area contributed by atoms with Crippen LogP contribution in [0.25, 0.3) is 5.69 Å². The van der Waals surface area contributed by atoms with E-state index < -0.39 is 0 Å². The van der Waals surface area contributed by atoms with Gasteiger partial charge in [-0.05, 0) is 48.5 Å². The van der Waals surface area contributed by atoms with Crippen molar-refractivity contribution < 1.29 is 4.74 Å². The molecule has 0 saturated heterocycles. The zero-order valence-electron chi connectivity index (χ0n) is 10.3. The van der Waals surface area contributed by atoms with Crippen LogP contribution in [0.4, 0.5) is 0 Å². The highest BCUT2D eigenvalue weighted by atomic mass is 35.5. The highest BCUT2D eigenvalue weighted by Gasteiger charge is 2.03. The van der Waals surface area contributed by atoms with Gasteiger partial charge >= 0.3 is 0 Å². The summed E-state index contributed by atoms with van der Waals surface area (Å²) in [6.45, 7) is 0. The summed E-state index contributed by atoms with van der Waals surface area (Å²) in [5.74, 6) is 1.37. The first kappa shape index (κ1) is 13.0. The van der Waals surface area contributed by atoms with Gasteiger partial charge in [0.1, 0.15) is 5.75 Å². The van der Waals surface area contributed by atoms with Gasteiger partial charge in [-0.15, -0.1) is 0 Å². The second-order valence-corrected chi connectivity index (χ2v) is 5.03. The van der Waals surface area contributed by atoms with Crippen LogP contribution in [0.2, 0.25) is 10.0 Å². The molecule has 0 saturated carbocycles. The van der Waals surface area contributed by atoms with Crippen molar-refractivity contribution in [2.45, 2.75) is 0 Å². The molecule has 0 aliphatic carbocycles. The standard InChI is InChI=1S/C15H10Cl2N2O/c16-11-1-5-13(6-2-11)19-10-15(9-18-19)20-14-7-3-12(17)4-8-14/h1-10H. The molecule has 100 valence electrons. The molecule has 0 aliphatic rings. The Hall–Kier alpha value is -1.97. The first-order valence-corrected chi connectivity index (χ1v) is 6.70. The molecule has 0 radical (unpaired) electrons. The van der Waals surface area contributed by atoms with E-state index in [-0.39, 0.29) is 0 Å². The van der Waals surface area contributed by atoms with E-state index in [1.165, 1.54) is 0 Å². The van der Waals surface area contributed by atoms with Crippen LogP contribution in [0.5, 0.6) is 11.5 Å². The fourth-order valence-corrected chi connectivity index (χ4v) is 1.98. The van der Waals surface area contributed by atoms with Crippen LogP contribution >= 0.6 is 23.2 Å².